The molecular weight excluding hydrogens is 258 g/mol. The summed E-state index contributed by atoms with van der Waals surface area (Å²) in [5.41, 5.74) is 3.96. The lowest BCUT2D eigenvalue weighted by Crippen LogP contribution is -2.43. The van der Waals surface area contributed by atoms with E-state index in [1.54, 1.807) is 0 Å². The van der Waals surface area contributed by atoms with Gasteiger partial charge in [-0.15, -0.1) is 0 Å². The average Bonchev–Trinajstić information content (AvgIpc) is 2.93. The topological polar surface area (TPSA) is 18.8 Å². The molecule has 0 aromatic heterocycles. The molecule has 2 aliphatic heterocycles. The standard InChI is InChI=1S/C18H25N3/c1-13(2)21(14(3)4)12-16-11-15-7-5-6-8-17(15)18-19-9-10-20(16)18/h5-8,11,13-14H,9-10,12H2,1-4H3. The summed E-state index contributed by atoms with van der Waals surface area (Å²) >= 11 is 0. The van der Waals surface area contributed by atoms with Gasteiger partial charge in [0.2, 0.25) is 0 Å². The summed E-state index contributed by atoms with van der Waals surface area (Å²) in [4.78, 5) is 9.67. The molecule has 0 aliphatic carbocycles. The number of fused-ring (bicyclic) bond motifs is 3. The number of rotatable bonds is 4. The lowest BCUT2D eigenvalue weighted by atomic mass is 10.00. The Morgan fingerprint density at radius 3 is 2.57 bits per heavy atom. The largest absolute Gasteiger partial charge is 0.327 e. The number of aliphatic imine (C=N–C) groups is 1. The SMILES string of the molecule is CC(C)N(CC1=Cc2ccccc2C2=NCCN12)C(C)C. The molecule has 2 heterocycles. The van der Waals surface area contributed by atoms with E-state index in [2.05, 4.69) is 67.8 Å². The van der Waals surface area contributed by atoms with Gasteiger partial charge in [-0.3, -0.25) is 9.89 Å². The predicted octanol–water partition coefficient (Wildman–Crippen LogP) is 3.22. The van der Waals surface area contributed by atoms with Crippen LogP contribution in [-0.4, -0.2) is 47.4 Å². The highest BCUT2D eigenvalue weighted by atomic mass is 15.3. The molecule has 0 amide bonds. The Labute approximate surface area is 128 Å². The van der Waals surface area contributed by atoms with E-state index in [0.29, 0.717) is 12.1 Å². The Morgan fingerprint density at radius 2 is 1.86 bits per heavy atom. The Bertz CT molecular complexity index is 576. The van der Waals surface area contributed by atoms with Gasteiger partial charge in [-0.25, -0.2) is 0 Å². The Morgan fingerprint density at radius 1 is 1.14 bits per heavy atom. The molecule has 0 saturated carbocycles. The van der Waals surface area contributed by atoms with Crippen molar-refractivity contribution in [2.75, 3.05) is 19.6 Å². The maximum Gasteiger partial charge on any atom is 0.135 e. The number of nitrogens with zero attached hydrogens (tertiary/aromatic N) is 3. The highest BCUT2D eigenvalue weighted by Gasteiger charge is 2.29. The van der Waals surface area contributed by atoms with Crippen molar-refractivity contribution in [3.05, 3.63) is 41.1 Å². The van der Waals surface area contributed by atoms with Crippen LogP contribution in [0.25, 0.3) is 6.08 Å². The predicted molar refractivity (Wildman–Crippen MR) is 89.5 cm³/mol. The molecule has 0 saturated heterocycles. The fraction of sp³-hybridized carbons (Fsp3) is 0.500. The summed E-state index contributed by atoms with van der Waals surface area (Å²) in [5, 5.41) is 0. The quantitative estimate of drug-likeness (QED) is 0.845. The second-order valence-corrected chi connectivity index (χ2v) is 6.44. The molecule has 112 valence electrons. The van der Waals surface area contributed by atoms with Gasteiger partial charge in [0.15, 0.2) is 0 Å². The summed E-state index contributed by atoms with van der Waals surface area (Å²) in [5.74, 6) is 1.16. The van der Waals surface area contributed by atoms with Crippen LogP contribution in [0.1, 0.15) is 38.8 Å². The number of amidine groups is 1. The number of hydrogen-bond donors (Lipinski definition) is 0. The van der Waals surface area contributed by atoms with Crippen molar-refractivity contribution < 1.29 is 0 Å². The van der Waals surface area contributed by atoms with Crippen LogP contribution in [-0.2, 0) is 0 Å². The van der Waals surface area contributed by atoms with Crippen LogP contribution >= 0.6 is 0 Å². The normalized spacial score (nSPS) is 17.2. The van der Waals surface area contributed by atoms with Crippen LogP contribution in [0.15, 0.2) is 35.0 Å². The van der Waals surface area contributed by atoms with Gasteiger partial charge in [-0.05, 0) is 39.3 Å². The van der Waals surface area contributed by atoms with Gasteiger partial charge < -0.3 is 4.90 Å². The first-order valence-electron chi connectivity index (χ1n) is 7.95. The molecule has 0 bridgehead atoms. The average molecular weight is 283 g/mol. The maximum absolute atomic E-state index is 4.73. The first-order valence-corrected chi connectivity index (χ1v) is 7.95. The van der Waals surface area contributed by atoms with E-state index >= 15 is 0 Å². The Hall–Kier alpha value is -1.61. The van der Waals surface area contributed by atoms with Crippen LogP contribution in [0.4, 0.5) is 0 Å². The maximum atomic E-state index is 4.73. The first kappa shape index (κ1) is 14.3. The third-order valence-corrected chi connectivity index (χ3v) is 4.38. The van der Waals surface area contributed by atoms with E-state index in [-0.39, 0.29) is 0 Å². The summed E-state index contributed by atoms with van der Waals surface area (Å²) in [6.07, 6.45) is 2.34. The third-order valence-electron chi connectivity index (χ3n) is 4.38. The van der Waals surface area contributed by atoms with Crippen LogP contribution in [0.3, 0.4) is 0 Å². The van der Waals surface area contributed by atoms with Crippen molar-refractivity contribution in [3.8, 4) is 0 Å². The smallest absolute Gasteiger partial charge is 0.135 e. The van der Waals surface area contributed by atoms with Gasteiger partial charge in [-0.2, -0.15) is 0 Å². The minimum Gasteiger partial charge on any atom is -0.327 e. The molecule has 1 aromatic rings. The Kier molecular flexibility index (Phi) is 3.85. The van der Waals surface area contributed by atoms with Crippen molar-refractivity contribution in [2.45, 2.75) is 39.8 Å². The molecule has 3 heteroatoms. The van der Waals surface area contributed by atoms with Crippen molar-refractivity contribution in [2.24, 2.45) is 4.99 Å². The third kappa shape index (κ3) is 2.62. The fourth-order valence-electron chi connectivity index (χ4n) is 3.32. The molecule has 0 fully saturated rings. The highest BCUT2D eigenvalue weighted by Crippen LogP contribution is 2.28. The molecular formula is C18H25N3. The van der Waals surface area contributed by atoms with E-state index in [1.165, 1.54) is 16.8 Å². The lowest BCUT2D eigenvalue weighted by Gasteiger charge is -2.36. The van der Waals surface area contributed by atoms with Crippen LogP contribution < -0.4 is 0 Å². The zero-order chi connectivity index (χ0) is 15.0. The van der Waals surface area contributed by atoms with Crippen LogP contribution in [0.2, 0.25) is 0 Å². The van der Waals surface area contributed by atoms with Crippen LogP contribution in [0.5, 0.6) is 0 Å². The summed E-state index contributed by atoms with van der Waals surface area (Å²) in [6, 6.07) is 9.69. The van der Waals surface area contributed by atoms with Crippen molar-refractivity contribution in [1.29, 1.82) is 0 Å². The zero-order valence-corrected chi connectivity index (χ0v) is 13.5. The summed E-state index contributed by atoms with van der Waals surface area (Å²) in [7, 11) is 0. The minimum atomic E-state index is 0.547. The molecule has 0 atom stereocenters. The van der Waals surface area contributed by atoms with Crippen LogP contribution in [0, 0.1) is 0 Å². The second-order valence-electron chi connectivity index (χ2n) is 6.44. The molecule has 1 aromatic carbocycles. The van der Waals surface area contributed by atoms with E-state index in [1.807, 2.05) is 0 Å². The molecule has 2 aliphatic rings. The van der Waals surface area contributed by atoms with E-state index in [9.17, 15) is 0 Å². The summed E-state index contributed by atoms with van der Waals surface area (Å²) < 4.78 is 0. The number of benzene rings is 1. The first-order chi connectivity index (χ1) is 10.1. The van der Waals surface area contributed by atoms with Gasteiger partial charge in [0.05, 0.1) is 6.54 Å². The molecule has 0 radical (unpaired) electrons. The fourth-order valence-corrected chi connectivity index (χ4v) is 3.32. The van der Waals surface area contributed by atoms with E-state index in [4.69, 9.17) is 4.99 Å². The molecule has 0 N–H and O–H groups in total. The molecule has 0 unspecified atom stereocenters. The molecule has 21 heavy (non-hydrogen) atoms. The second kappa shape index (κ2) is 5.64. The lowest BCUT2D eigenvalue weighted by molar-refractivity contribution is 0.182. The van der Waals surface area contributed by atoms with Gasteiger partial charge in [-0.1, -0.05) is 24.3 Å². The van der Waals surface area contributed by atoms with Crippen molar-refractivity contribution in [3.63, 3.8) is 0 Å². The van der Waals surface area contributed by atoms with Gasteiger partial charge in [0, 0.05) is 36.4 Å². The summed E-state index contributed by atoms with van der Waals surface area (Å²) in [6.45, 7) is 12.0. The number of hydrogen-bond acceptors (Lipinski definition) is 3. The van der Waals surface area contributed by atoms with Crippen molar-refractivity contribution >= 4 is 11.9 Å². The minimum absolute atomic E-state index is 0.547. The molecule has 0 spiro atoms. The van der Waals surface area contributed by atoms with Gasteiger partial charge >= 0.3 is 0 Å². The molecule has 3 nitrogen and oxygen atoms in total. The molecule has 3 rings (SSSR count). The van der Waals surface area contributed by atoms with Crippen molar-refractivity contribution in [1.82, 2.24) is 9.80 Å². The monoisotopic (exact) mass is 283 g/mol. The Balaban J connectivity index is 1.96. The van der Waals surface area contributed by atoms with E-state index < -0.39 is 0 Å². The van der Waals surface area contributed by atoms with E-state index in [0.717, 1.165) is 25.5 Å². The van der Waals surface area contributed by atoms with Gasteiger partial charge in [0.25, 0.3) is 0 Å². The highest BCUT2D eigenvalue weighted by molar-refractivity contribution is 6.06. The zero-order valence-electron chi connectivity index (χ0n) is 13.5. The van der Waals surface area contributed by atoms with Gasteiger partial charge in [0.1, 0.15) is 5.84 Å².